The summed E-state index contributed by atoms with van der Waals surface area (Å²) in [5.41, 5.74) is 4.82. The maximum absolute atomic E-state index is 12.8. The Labute approximate surface area is 208 Å². The number of fused-ring (bicyclic) bond motifs is 1. The van der Waals surface area contributed by atoms with E-state index < -0.39 is 0 Å². The van der Waals surface area contributed by atoms with Crippen LogP contribution in [-0.4, -0.2) is 16.8 Å². The summed E-state index contributed by atoms with van der Waals surface area (Å²) < 4.78 is 0. The van der Waals surface area contributed by atoms with Gasteiger partial charge in [0.15, 0.2) is 0 Å². The zero-order chi connectivity index (χ0) is 24.2. The van der Waals surface area contributed by atoms with Crippen LogP contribution < -0.4 is 10.6 Å². The molecule has 1 aromatic heterocycles. The Morgan fingerprint density at radius 3 is 2.00 bits per heavy atom. The minimum absolute atomic E-state index is 0.135. The molecule has 0 radical (unpaired) electrons. The molecule has 2 saturated carbocycles. The Morgan fingerprint density at radius 1 is 0.714 bits per heavy atom. The Hall–Kier alpha value is -3.08. The highest BCUT2D eigenvalue weighted by molar-refractivity contribution is 5.96. The number of carbonyl (C=O) groups excluding carboxylic acids is 2. The number of hydrogen-bond acceptors (Lipinski definition) is 2. The Morgan fingerprint density at radius 2 is 1.31 bits per heavy atom. The van der Waals surface area contributed by atoms with Crippen molar-refractivity contribution in [2.75, 3.05) is 10.6 Å². The second kappa shape index (κ2) is 10.7. The quantitative estimate of drug-likeness (QED) is 0.337. The molecule has 5 heteroatoms. The number of H-pyrrole nitrogens is 1. The highest BCUT2D eigenvalue weighted by Gasteiger charge is 2.24. The first-order chi connectivity index (χ1) is 17.0. The Bertz CT molecular complexity index is 1160. The van der Waals surface area contributed by atoms with Crippen LogP contribution in [0.3, 0.4) is 0 Å². The highest BCUT2D eigenvalue weighted by atomic mass is 16.2. The first kappa shape index (κ1) is 23.7. The van der Waals surface area contributed by atoms with Gasteiger partial charge in [-0.3, -0.25) is 9.59 Å². The number of benzene rings is 2. The first-order valence-electron chi connectivity index (χ1n) is 13.4. The molecule has 0 unspecified atom stereocenters. The molecule has 5 nitrogen and oxygen atoms in total. The SMILES string of the molecule is CC1CCC(C(=O)Nc2ccc(-c3cc4cc(NC(=O)C5CCCCCC5)ccc4[nH]3)cc2)CC1. The molecule has 2 aliphatic rings. The van der Waals surface area contributed by atoms with Crippen LogP contribution >= 0.6 is 0 Å². The standard InChI is InChI=1S/C30H37N3O2/c1-20-8-10-23(11-9-20)30(35)31-25-14-12-21(13-15-25)28-19-24-18-26(16-17-27(24)33-28)32-29(34)22-6-4-2-3-5-7-22/h12-20,22-23,33H,2-11H2,1H3,(H,31,35)(H,32,34). The topological polar surface area (TPSA) is 74.0 Å². The van der Waals surface area contributed by atoms with Crippen molar-refractivity contribution in [3.63, 3.8) is 0 Å². The van der Waals surface area contributed by atoms with Crippen molar-refractivity contribution in [1.29, 1.82) is 0 Å². The second-order valence-electron chi connectivity index (χ2n) is 10.7. The lowest BCUT2D eigenvalue weighted by molar-refractivity contribution is -0.121. The molecular formula is C30H37N3O2. The normalized spacial score (nSPS) is 21.4. The summed E-state index contributed by atoms with van der Waals surface area (Å²) in [5.74, 6) is 1.31. The fourth-order valence-electron chi connectivity index (χ4n) is 5.65. The number of amides is 2. The maximum Gasteiger partial charge on any atom is 0.227 e. The Balaban J connectivity index is 1.23. The molecule has 2 fully saturated rings. The molecule has 0 saturated heterocycles. The van der Waals surface area contributed by atoms with Crippen molar-refractivity contribution < 1.29 is 9.59 Å². The number of anilines is 2. The number of aromatic nitrogens is 1. The van der Waals surface area contributed by atoms with Crippen molar-refractivity contribution in [3.05, 3.63) is 48.5 Å². The fraction of sp³-hybridized carbons (Fsp3) is 0.467. The van der Waals surface area contributed by atoms with E-state index in [0.717, 1.165) is 90.8 Å². The van der Waals surface area contributed by atoms with Crippen LogP contribution in [0.4, 0.5) is 11.4 Å². The third kappa shape index (κ3) is 5.77. The third-order valence-electron chi connectivity index (χ3n) is 7.96. The molecule has 0 spiro atoms. The largest absolute Gasteiger partial charge is 0.355 e. The van der Waals surface area contributed by atoms with Gasteiger partial charge >= 0.3 is 0 Å². The van der Waals surface area contributed by atoms with Gasteiger partial charge in [-0.15, -0.1) is 0 Å². The van der Waals surface area contributed by atoms with Gasteiger partial charge in [0.25, 0.3) is 0 Å². The minimum Gasteiger partial charge on any atom is -0.355 e. The molecule has 0 aliphatic heterocycles. The molecule has 5 rings (SSSR count). The summed E-state index contributed by atoms with van der Waals surface area (Å²) in [6.07, 6.45) is 11.1. The Kier molecular flexibility index (Phi) is 7.21. The van der Waals surface area contributed by atoms with Gasteiger partial charge < -0.3 is 15.6 Å². The average Bonchev–Trinajstić information content (AvgIpc) is 3.09. The zero-order valence-electron chi connectivity index (χ0n) is 20.7. The van der Waals surface area contributed by atoms with Gasteiger partial charge in [0.05, 0.1) is 0 Å². The summed E-state index contributed by atoms with van der Waals surface area (Å²) in [6, 6.07) is 16.2. The third-order valence-corrected chi connectivity index (χ3v) is 7.96. The molecule has 1 heterocycles. The average molecular weight is 472 g/mol. The molecule has 35 heavy (non-hydrogen) atoms. The number of hydrogen-bond donors (Lipinski definition) is 3. The first-order valence-corrected chi connectivity index (χ1v) is 13.4. The van der Waals surface area contributed by atoms with E-state index in [1.54, 1.807) is 0 Å². The molecule has 2 amide bonds. The lowest BCUT2D eigenvalue weighted by Gasteiger charge is -2.25. The van der Waals surface area contributed by atoms with E-state index >= 15 is 0 Å². The zero-order valence-corrected chi connectivity index (χ0v) is 20.7. The van der Waals surface area contributed by atoms with Crippen LogP contribution in [0, 0.1) is 17.8 Å². The summed E-state index contributed by atoms with van der Waals surface area (Å²) in [4.78, 5) is 28.9. The smallest absolute Gasteiger partial charge is 0.227 e. The second-order valence-corrected chi connectivity index (χ2v) is 10.7. The minimum atomic E-state index is 0.135. The van der Waals surface area contributed by atoms with Crippen LogP contribution in [0.15, 0.2) is 48.5 Å². The molecule has 2 aromatic carbocycles. The predicted octanol–water partition coefficient (Wildman–Crippen LogP) is 7.51. The van der Waals surface area contributed by atoms with Crippen molar-refractivity contribution in [2.24, 2.45) is 17.8 Å². The molecule has 3 aromatic rings. The van der Waals surface area contributed by atoms with Crippen molar-refractivity contribution >= 4 is 34.1 Å². The lowest BCUT2D eigenvalue weighted by atomic mass is 9.82. The molecule has 184 valence electrons. The van der Waals surface area contributed by atoms with Crippen molar-refractivity contribution in [2.45, 2.75) is 71.1 Å². The monoisotopic (exact) mass is 471 g/mol. The molecule has 0 atom stereocenters. The van der Waals surface area contributed by atoms with E-state index in [1.807, 2.05) is 42.5 Å². The van der Waals surface area contributed by atoms with Crippen LogP contribution in [0.2, 0.25) is 0 Å². The van der Waals surface area contributed by atoms with E-state index in [0.29, 0.717) is 0 Å². The highest BCUT2D eigenvalue weighted by Crippen LogP contribution is 2.31. The van der Waals surface area contributed by atoms with Crippen molar-refractivity contribution in [1.82, 2.24) is 4.98 Å². The van der Waals surface area contributed by atoms with Gasteiger partial charge in [0.1, 0.15) is 0 Å². The van der Waals surface area contributed by atoms with Gasteiger partial charge in [0, 0.05) is 39.8 Å². The van der Waals surface area contributed by atoms with Crippen molar-refractivity contribution in [3.8, 4) is 11.3 Å². The summed E-state index contributed by atoms with van der Waals surface area (Å²) >= 11 is 0. The van der Waals surface area contributed by atoms with E-state index in [1.165, 1.54) is 12.8 Å². The molecule has 0 bridgehead atoms. The number of rotatable bonds is 5. The summed E-state index contributed by atoms with van der Waals surface area (Å²) in [5, 5.41) is 7.31. The van der Waals surface area contributed by atoms with Gasteiger partial charge in [-0.25, -0.2) is 0 Å². The van der Waals surface area contributed by atoms with E-state index in [9.17, 15) is 9.59 Å². The predicted molar refractivity (Wildman–Crippen MR) is 143 cm³/mol. The van der Waals surface area contributed by atoms with Gasteiger partial charge in [0.2, 0.25) is 11.8 Å². The molecular weight excluding hydrogens is 434 g/mol. The summed E-state index contributed by atoms with van der Waals surface area (Å²) in [7, 11) is 0. The van der Waals surface area contributed by atoms with Gasteiger partial charge in [-0.1, -0.05) is 44.7 Å². The maximum atomic E-state index is 12.8. The summed E-state index contributed by atoms with van der Waals surface area (Å²) in [6.45, 7) is 2.27. The fourth-order valence-corrected chi connectivity index (χ4v) is 5.65. The number of carbonyl (C=O) groups is 2. The molecule has 3 N–H and O–H groups in total. The number of aromatic amines is 1. The van der Waals surface area contributed by atoms with Gasteiger partial charge in [-0.2, -0.15) is 0 Å². The van der Waals surface area contributed by atoms with Gasteiger partial charge in [-0.05, 0) is 86.4 Å². The number of nitrogens with one attached hydrogen (secondary N) is 3. The van der Waals surface area contributed by atoms with E-state index in [2.05, 4.69) is 28.6 Å². The van der Waals surface area contributed by atoms with Crippen LogP contribution in [0.5, 0.6) is 0 Å². The van der Waals surface area contributed by atoms with E-state index in [-0.39, 0.29) is 23.7 Å². The molecule has 2 aliphatic carbocycles. The van der Waals surface area contributed by atoms with Crippen LogP contribution in [0.25, 0.3) is 22.2 Å². The lowest BCUT2D eigenvalue weighted by Crippen LogP contribution is -2.26. The van der Waals surface area contributed by atoms with E-state index in [4.69, 9.17) is 0 Å². The van der Waals surface area contributed by atoms with Crippen LogP contribution in [-0.2, 0) is 9.59 Å². The van der Waals surface area contributed by atoms with Crippen LogP contribution in [0.1, 0.15) is 71.1 Å².